The van der Waals surface area contributed by atoms with Crippen LogP contribution in [0.4, 0.5) is 0 Å². The number of aromatic nitrogens is 1. The predicted molar refractivity (Wildman–Crippen MR) is 76.4 cm³/mol. The van der Waals surface area contributed by atoms with Gasteiger partial charge in [-0.3, -0.25) is 0 Å². The molecule has 1 atom stereocenters. The average Bonchev–Trinajstić information content (AvgIpc) is 2.76. The normalized spacial score (nSPS) is 20.1. The summed E-state index contributed by atoms with van der Waals surface area (Å²) in [4.78, 5) is 4.37. The summed E-state index contributed by atoms with van der Waals surface area (Å²) >= 11 is 1.76. The lowest BCUT2D eigenvalue weighted by atomic mass is 9.90. The summed E-state index contributed by atoms with van der Waals surface area (Å²) in [6.45, 7) is 9.92. The first-order valence-electron chi connectivity index (χ1n) is 6.63. The van der Waals surface area contributed by atoms with Gasteiger partial charge >= 0.3 is 0 Å². The Labute approximate surface area is 118 Å². The van der Waals surface area contributed by atoms with Crippen molar-refractivity contribution in [3.63, 3.8) is 0 Å². The molecule has 1 unspecified atom stereocenters. The molecule has 0 bridgehead atoms. The number of aliphatic hydroxyl groups is 1. The van der Waals surface area contributed by atoms with Crippen molar-refractivity contribution >= 4 is 11.8 Å². The molecule has 2 rings (SSSR count). The van der Waals surface area contributed by atoms with Gasteiger partial charge in [-0.1, -0.05) is 20.8 Å². The van der Waals surface area contributed by atoms with Gasteiger partial charge in [0.15, 0.2) is 0 Å². The van der Waals surface area contributed by atoms with Gasteiger partial charge in [0, 0.05) is 16.6 Å². The van der Waals surface area contributed by atoms with E-state index in [4.69, 9.17) is 9.15 Å². The molecule has 108 valence electrons. The van der Waals surface area contributed by atoms with E-state index in [2.05, 4.69) is 32.7 Å². The topological polar surface area (TPSA) is 55.5 Å². The molecule has 0 saturated carbocycles. The summed E-state index contributed by atoms with van der Waals surface area (Å²) in [5.74, 6) is 2.56. The van der Waals surface area contributed by atoms with Crippen molar-refractivity contribution in [1.82, 2.24) is 4.98 Å². The maximum absolute atomic E-state index is 9.40. The van der Waals surface area contributed by atoms with Crippen LogP contribution in [0.1, 0.15) is 44.6 Å². The Hall–Kier alpha value is -0.520. The first kappa shape index (κ1) is 14.9. The van der Waals surface area contributed by atoms with Gasteiger partial charge < -0.3 is 14.3 Å². The highest BCUT2D eigenvalue weighted by molar-refractivity contribution is 7.99. The van der Waals surface area contributed by atoms with Gasteiger partial charge in [-0.2, -0.15) is 0 Å². The number of thioether (sulfide) groups is 1. The zero-order valence-corrected chi connectivity index (χ0v) is 12.9. The minimum absolute atomic E-state index is 0.0101. The van der Waals surface area contributed by atoms with Crippen LogP contribution in [-0.2, 0) is 10.2 Å². The Morgan fingerprint density at radius 3 is 2.58 bits per heavy atom. The van der Waals surface area contributed by atoms with Crippen molar-refractivity contribution in [1.29, 1.82) is 0 Å². The summed E-state index contributed by atoms with van der Waals surface area (Å²) in [6.07, 6.45) is 1.82. The van der Waals surface area contributed by atoms with Gasteiger partial charge in [-0.05, 0) is 6.92 Å². The zero-order valence-electron chi connectivity index (χ0n) is 12.1. The van der Waals surface area contributed by atoms with Crippen LogP contribution in [0, 0.1) is 5.41 Å². The van der Waals surface area contributed by atoms with E-state index >= 15 is 0 Å². The van der Waals surface area contributed by atoms with Crippen LogP contribution < -0.4 is 0 Å². The van der Waals surface area contributed by atoms with Gasteiger partial charge in [0.25, 0.3) is 0 Å². The molecule has 0 aromatic carbocycles. The van der Waals surface area contributed by atoms with E-state index in [0.29, 0.717) is 13.2 Å². The van der Waals surface area contributed by atoms with Crippen molar-refractivity contribution in [2.24, 2.45) is 5.41 Å². The Balaban J connectivity index is 1.93. The lowest BCUT2D eigenvalue weighted by molar-refractivity contribution is -0.121. The highest BCUT2D eigenvalue weighted by atomic mass is 32.2. The molecular weight excluding hydrogens is 262 g/mol. The number of ether oxygens (including phenoxy) is 1. The average molecular weight is 285 g/mol. The molecule has 0 spiro atoms. The van der Waals surface area contributed by atoms with E-state index in [1.807, 2.05) is 6.20 Å². The van der Waals surface area contributed by atoms with Gasteiger partial charge in [0.2, 0.25) is 5.89 Å². The Morgan fingerprint density at radius 2 is 2.16 bits per heavy atom. The minimum atomic E-state index is -0.0572. The van der Waals surface area contributed by atoms with Crippen molar-refractivity contribution < 1.29 is 14.3 Å². The maximum atomic E-state index is 9.40. The van der Waals surface area contributed by atoms with Crippen LogP contribution >= 0.6 is 11.8 Å². The molecule has 1 N–H and O–H groups in total. The van der Waals surface area contributed by atoms with Gasteiger partial charge in [0.05, 0.1) is 31.3 Å². The largest absolute Gasteiger partial charge is 0.444 e. The van der Waals surface area contributed by atoms with Crippen LogP contribution in [0.2, 0.25) is 0 Å². The number of nitrogens with zero attached hydrogens (tertiary/aromatic N) is 1. The summed E-state index contributed by atoms with van der Waals surface area (Å²) in [5, 5.41) is 9.59. The third kappa shape index (κ3) is 3.33. The first-order valence-corrected chi connectivity index (χ1v) is 7.68. The molecule has 0 radical (unpaired) electrons. The Kier molecular flexibility index (Phi) is 4.28. The molecular formula is C14H23NO3S. The van der Waals surface area contributed by atoms with E-state index in [0.717, 1.165) is 17.4 Å². The lowest BCUT2D eigenvalue weighted by Gasteiger charge is -2.39. The quantitative estimate of drug-likeness (QED) is 0.901. The molecule has 0 amide bonds. The third-order valence-electron chi connectivity index (χ3n) is 3.40. The molecule has 19 heavy (non-hydrogen) atoms. The fourth-order valence-electron chi connectivity index (χ4n) is 1.81. The van der Waals surface area contributed by atoms with Crippen molar-refractivity contribution in [2.75, 3.05) is 25.6 Å². The molecule has 1 saturated heterocycles. The third-order valence-corrected chi connectivity index (χ3v) is 4.88. The van der Waals surface area contributed by atoms with E-state index in [1.165, 1.54) is 0 Å². The van der Waals surface area contributed by atoms with Crippen LogP contribution in [0.15, 0.2) is 10.6 Å². The van der Waals surface area contributed by atoms with E-state index in [9.17, 15) is 5.11 Å². The number of hydrogen-bond acceptors (Lipinski definition) is 5. The van der Waals surface area contributed by atoms with Crippen molar-refractivity contribution in [2.45, 2.75) is 38.4 Å². The molecule has 1 aromatic heterocycles. The monoisotopic (exact) mass is 285 g/mol. The van der Waals surface area contributed by atoms with Gasteiger partial charge in [0.1, 0.15) is 5.76 Å². The van der Waals surface area contributed by atoms with Crippen molar-refractivity contribution in [3.05, 3.63) is 17.8 Å². The maximum Gasteiger partial charge on any atom is 0.207 e. The molecule has 1 aliphatic rings. The molecule has 1 fully saturated rings. The summed E-state index contributed by atoms with van der Waals surface area (Å²) in [7, 11) is 0. The second-order valence-corrected chi connectivity index (χ2v) is 7.75. The highest BCUT2D eigenvalue weighted by Gasteiger charge is 2.38. The molecule has 1 aliphatic heterocycles. The molecule has 2 heterocycles. The summed E-state index contributed by atoms with van der Waals surface area (Å²) in [5.41, 5.74) is -0.0673. The SMILES string of the molecule is CC(SCC1(CO)COC1)c1ncc(C(C)(C)C)o1. The number of hydrogen-bond donors (Lipinski definition) is 1. The van der Waals surface area contributed by atoms with Crippen molar-refractivity contribution in [3.8, 4) is 0 Å². The van der Waals surface area contributed by atoms with Gasteiger partial charge in [-0.25, -0.2) is 4.98 Å². The Morgan fingerprint density at radius 1 is 1.47 bits per heavy atom. The smallest absolute Gasteiger partial charge is 0.207 e. The van der Waals surface area contributed by atoms with Gasteiger partial charge in [-0.15, -0.1) is 11.8 Å². The second-order valence-electron chi connectivity index (χ2n) is 6.42. The first-order chi connectivity index (χ1) is 8.86. The van der Waals surface area contributed by atoms with E-state index in [1.54, 1.807) is 11.8 Å². The summed E-state index contributed by atoms with van der Waals surface area (Å²) in [6, 6.07) is 0. The molecule has 0 aliphatic carbocycles. The number of oxazole rings is 1. The van der Waals surface area contributed by atoms with Crippen LogP contribution in [0.3, 0.4) is 0 Å². The lowest BCUT2D eigenvalue weighted by Crippen LogP contribution is -2.47. The zero-order chi connectivity index (χ0) is 14.1. The van der Waals surface area contributed by atoms with Crippen LogP contribution in [0.5, 0.6) is 0 Å². The van der Waals surface area contributed by atoms with Crippen LogP contribution in [-0.4, -0.2) is 35.7 Å². The van der Waals surface area contributed by atoms with Crippen LogP contribution in [0.25, 0.3) is 0 Å². The fourth-order valence-corrected chi connectivity index (χ4v) is 2.92. The molecule has 4 nitrogen and oxygen atoms in total. The van der Waals surface area contributed by atoms with E-state index < -0.39 is 0 Å². The number of aliphatic hydroxyl groups excluding tert-OH is 1. The van der Waals surface area contributed by atoms with E-state index in [-0.39, 0.29) is 22.7 Å². The summed E-state index contributed by atoms with van der Waals surface area (Å²) < 4.78 is 11.0. The molecule has 5 heteroatoms. The minimum Gasteiger partial charge on any atom is -0.444 e. The number of rotatable bonds is 5. The predicted octanol–water partition coefficient (Wildman–Crippen LogP) is 2.78. The fraction of sp³-hybridized carbons (Fsp3) is 0.786. The second kappa shape index (κ2) is 5.46. The standard InChI is InChI=1S/C14H23NO3S/c1-10(19-9-14(6-16)7-17-8-14)12-15-5-11(18-12)13(2,3)4/h5,10,16H,6-9H2,1-4H3. The highest BCUT2D eigenvalue weighted by Crippen LogP contribution is 2.38. The molecule has 1 aromatic rings. The Bertz CT molecular complexity index is 415.